The number of aromatic nitrogens is 2. The summed E-state index contributed by atoms with van der Waals surface area (Å²) in [6.07, 6.45) is 3.28. The van der Waals surface area contributed by atoms with Gasteiger partial charge in [0.15, 0.2) is 5.82 Å². The number of hydrogen-bond donors (Lipinski definition) is 0. The smallest absolute Gasteiger partial charge is 0.338 e. The molecule has 17 heavy (non-hydrogen) atoms. The van der Waals surface area contributed by atoms with Crippen LogP contribution in [-0.4, -0.2) is 23.0 Å². The molecule has 0 saturated heterocycles. The number of rotatable bonds is 2. The second-order valence-electron chi connectivity index (χ2n) is 3.61. The average molecular weight is 228 g/mol. The number of ether oxygens (including phenoxy) is 1. The van der Waals surface area contributed by atoms with Crippen LogP contribution in [0.15, 0.2) is 36.7 Å². The van der Waals surface area contributed by atoms with E-state index in [0.717, 1.165) is 5.56 Å². The molecule has 0 atom stereocenters. The highest BCUT2D eigenvalue weighted by Crippen LogP contribution is 2.21. The minimum atomic E-state index is -0.379. The fraction of sp³-hybridized carbons (Fsp3) is 0.154. The van der Waals surface area contributed by atoms with Crippen LogP contribution in [0.25, 0.3) is 11.4 Å². The monoisotopic (exact) mass is 228 g/mol. The van der Waals surface area contributed by atoms with Crippen LogP contribution in [0.5, 0.6) is 0 Å². The van der Waals surface area contributed by atoms with Crippen LogP contribution >= 0.6 is 0 Å². The van der Waals surface area contributed by atoms with Crippen LogP contribution in [0.2, 0.25) is 0 Å². The molecule has 0 fully saturated rings. The summed E-state index contributed by atoms with van der Waals surface area (Å²) in [6.45, 7) is 1.92. The van der Waals surface area contributed by atoms with E-state index in [0.29, 0.717) is 17.0 Å². The van der Waals surface area contributed by atoms with Gasteiger partial charge in [-0.2, -0.15) is 0 Å². The number of hydrogen-bond acceptors (Lipinski definition) is 4. The van der Waals surface area contributed by atoms with Gasteiger partial charge in [-0.15, -0.1) is 0 Å². The molecule has 0 saturated carbocycles. The number of esters is 1. The molecule has 0 bridgehead atoms. The summed E-state index contributed by atoms with van der Waals surface area (Å²) in [5.41, 5.74) is 2.16. The normalized spacial score (nSPS) is 10.0. The Morgan fingerprint density at radius 3 is 2.59 bits per heavy atom. The second kappa shape index (κ2) is 4.74. The lowest BCUT2D eigenvalue weighted by Crippen LogP contribution is -2.05. The lowest BCUT2D eigenvalue weighted by atomic mass is 10.0. The molecule has 1 aromatic carbocycles. The highest BCUT2D eigenvalue weighted by molar-refractivity contribution is 5.96. The Morgan fingerprint density at radius 1 is 1.24 bits per heavy atom. The summed E-state index contributed by atoms with van der Waals surface area (Å²) >= 11 is 0. The van der Waals surface area contributed by atoms with Gasteiger partial charge in [0.25, 0.3) is 0 Å². The number of carbonyl (C=O) groups excluding carboxylic acids is 1. The van der Waals surface area contributed by atoms with Crippen molar-refractivity contribution in [1.29, 1.82) is 0 Å². The summed E-state index contributed by atoms with van der Waals surface area (Å²) in [7, 11) is 1.36. The Bertz CT molecular complexity index is 538. The third-order valence-electron chi connectivity index (χ3n) is 2.39. The first-order valence-corrected chi connectivity index (χ1v) is 5.18. The molecule has 0 radical (unpaired) electrons. The highest BCUT2D eigenvalue weighted by atomic mass is 16.5. The number of carbonyl (C=O) groups is 1. The SMILES string of the molecule is COC(=O)c1cc(C)ccc1-c1ncccn1. The summed E-state index contributed by atoms with van der Waals surface area (Å²) in [5, 5.41) is 0. The largest absolute Gasteiger partial charge is 0.465 e. The van der Waals surface area contributed by atoms with Crippen molar-refractivity contribution in [1.82, 2.24) is 9.97 Å². The molecule has 0 unspecified atom stereocenters. The zero-order valence-corrected chi connectivity index (χ0v) is 9.68. The summed E-state index contributed by atoms with van der Waals surface area (Å²) in [6, 6.07) is 7.25. The first-order chi connectivity index (χ1) is 8.22. The average Bonchev–Trinajstić information content (AvgIpc) is 2.38. The molecule has 0 N–H and O–H groups in total. The van der Waals surface area contributed by atoms with Crippen LogP contribution < -0.4 is 0 Å². The minimum Gasteiger partial charge on any atom is -0.465 e. The number of aryl methyl sites for hydroxylation is 1. The molecule has 1 aromatic heterocycles. The van der Waals surface area contributed by atoms with E-state index < -0.39 is 0 Å². The maximum atomic E-state index is 11.7. The molecule has 4 nitrogen and oxygen atoms in total. The fourth-order valence-electron chi connectivity index (χ4n) is 1.57. The molecular formula is C13H12N2O2. The van der Waals surface area contributed by atoms with Gasteiger partial charge in [0.1, 0.15) is 0 Å². The van der Waals surface area contributed by atoms with Crippen molar-refractivity contribution in [3.63, 3.8) is 0 Å². The maximum Gasteiger partial charge on any atom is 0.338 e. The van der Waals surface area contributed by atoms with Crippen molar-refractivity contribution in [2.75, 3.05) is 7.11 Å². The van der Waals surface area contributed by atoms with Crippen molar-refractivity contribution in [3.05, 3.63) is 47.8 Å². The van der Waals surface area contributed by atoms with Crippen molar-refractivity contribution in [3.8, 4) is 11.4 Å². The Balaban J connectivity index is 2.58. The lowest BCUT2D eigenvalue weighted by molar-refractivity contribution is 0.0601. The number of nitrogens with zero attached hydrogens (tertiary/aromatic N) is 2. The van der Waals surface area contributed by atoms with Crippen molar-refractivity contribution >= 4 is 5.97 Å². The molecule has 2 rings (SSSR count). The molecule has 1 heterocycles. The van der Waals surface area contributed by atoms with Gasteiger partial charge in [-0.25, -0.2) is 14.8 Å². The lowest BCUT2D eigenvalue weighted by Gasteiger charge is -2.07. The number of methoxy groups -OCH3 is 1. The Labute approximate surface area is 99.3 Å². The third-order valence-corrected chi connectivity index (χ3v) is 2.39. The predicted molar refractivity (Wildman–Crippen MR) is 63.5 cm³/mol. The second-order valence-corrected chi connectivity index (χ2v) is 3.61. The van der Waals surface area contributed by atoms with Crippen LogP contribution in [-0.2, 0) is 4.74 Å². The van der Waals surface area contributed by atoms with Gasteiger partial charge in [0.2, 0.25) is 0 Å². The zero-order valence-electron chi connectivity index (χ0n) is 9.68. The topological polar surface area (TPSA) is 52.1 Å². The summed E-state index contributed by atoms with van der Waals surface area (Å²) in [4.78, 5) is 20.0. The first-order valence-electron chi connectivity index (χ1n) is 5.18. The minimum absolute atomic E-state index is 0.379. The molecular weight excluding hydrogens is 216 g/mol. The van der Waals surface area contributed by atoms with Crippen LogP contribution in [0.4, 0.5) is 0 Å². The predicted octanol–water partition coefficient (Wildman–Crippen LogP) is 2.24. The van der Waals surface area contributed by atoms with Crippen LogP contribution in [0, 0.1) is 6.92 Å². The molecule has 2 aromatic rings. The zero-order chi connectivity index (χ0) is 12.3. The standard InChI is InChI=1S/C13H12N2O2/c1-9-4-5-10(11(8-9)13(16)17-2)12-14-6-3-7-15-12/h3-8H,1-2H3. The maximum absolute atomic E-state index is 11.7. The first kappa shape index (κ1) is 11.3. The summed E-state index contributed by atoms with van der Waals surface area (Å²) in [5.74, 6) is 0.143. The molecule has 0 amide bonds. The summed E-state index contributed by atoms with van der Waals surface area (Å²) < 4.78 is 4.76. The van der Waals surface area contributed by atoms with Gasteiger partial charge < -0.3 is 4.74 Å². The molecule has 0 spiro atoms. The van der Waals surface area contributed by atoms with E-state index in [4.69, 9.17) is 4.74 Å². The molecule has 86 valence electrons. The Morgan fingerprint density at radius 2 is 1.94 bits per heavy atom. The molecule has 0 aliphatic carbocycles. The quantitative estimate of drug-likeness (QED) is 0.740. The van der Waals surface area contributed by atoms with E-state index in [1.54, 1.807) is 24.5 Å². The fourth-order valence-corrected chi connectivity index (χ4v) is 1.57. The van der Waals surface area contributed by atoms with Crippen molar-refractivity contribution in [2.24, 2.45) is 0 Å². The van der Waals surface area contributed by atoms with E-state index in [1.807, 2.05) is 19.1 Å². The van der Waals surface area contributed by atoms with E-state index >= 15 is 0 Å². The van der Waals surface area contributed by atoms with Gasteiger partial charge in [0, 0.05) is 18.0 Å². The number of benzene rings is 1. The van der Waals surface area contributed by atoms with E-state index in [-0.39, 0.29) is 5.97 Å². The van der Waals surface area contributed by atoms with Crippen molar-refractivity contribution < 1.29 is 9.53 Å². The molecule has 4 heteroatoms. The van der Waals surface area contributed by atoms with Gasteiger partial charge in [-0.05, 0) is 19.1 Å². The Hall–Kier alpha value is -2.23. The molecule has 0 aliphatic heterocycles. The van der Waals surface area contributed by atoms with E-state index in [1.165, 1.54) is 7.11 Å². The van der Waals surface area contributed by atoms with Crippen molar-refractivity contribution in [2.45, 2.75) is 6.92 Å². The van der Waals surface area contributed by atoms with E-state index in [9.17, 15) is 4.79 Å². The van der Waals surface area contributed by atoms with Gasteiger partial charge >= 0.3 is 5.97 Å². The van der Waals surface area contributed by atoms with Crippen LogP contribution in [0.1, 0.15) is 15.9 Å². The van der Waals surface area contributed by atoms with Crippen LogP contribution in [0.3, 0.4) is 0 Å². The van der Waals surface area contributed by atoms with Gasteiger partial charge in [-0.1, -0.05) is 17.7 Å². The van der Waals surface area contributed by atoms with Gasteiger partial charge in [-0.3, -0.25) is 0 Å². The third kappa shape index (κ3) is 2.30. The Kier molecular flexibility index (Phi) is 3.14. The highest BCUT2D eigenvalue weighted by Gasteiger charge is 2.14. The van der Waals surface area contributed by atoms with E-state index in [2.05, 4.69) is 9.97 Å². The van der Waals surface area contributed by atoms with Gasteiger partial charge in [0.05, 0.1) is 12.7 Å². The molecule has 0 aliphatic rings.